The van der Waals surface area contributed by atoms with E-state index in [4.69, 9.17) is 0 Å². The molecule has 0 spiro atoms. The summed E-state index contributed by atoms with van der Waals surface area (Å²) >= 11 is 0. The van der Waals surface area contributed by atoms with Crippen LogP contribution in [0, 0.1) is 18.3 Å². The molecule has 3 aromatic rings. The van der Waals surface area contributed by atoms with Gasteiger partial charge in [0.25, 0.3) is 0 Å². The number of nitrogens with zero attached hydrogens (tertiary/aromatic N) is 5. The number of rotatable bonds is 2. The van der Waals surface area contributed by atoms with E-state index in [2.05, 4.69) is 45.4 Å². The van der Waals surface area contributed by atoms with Gasteiger partial charge >= 0.3 is 0 Å². The van der Waals surface area contributed by atoms with Crippen molar-refractivity contribution in [3.63, 3.8) is 0 Å². The summed E-state index contributed by atoms with van der Waals surface area (Å²) in [5.41, 5.74) is 5.07. The fraction of sp³-hybridized carbons (Fsp3) is 0.211. The zero-order valence-corrected chi connectivity index (χ0v) is 13.5. The van der Waals surface area contributed by atoms with Crippen LogP contribution in [0.25, 0.3) is 5.69 Å². The van der Waals surface area contributed by atoms with Crippen molar-refractivity contribution in [2.24, 2.45) is 0 Å². The van der Waals surface area contributed by atoms with Crippen LogP contribution in [0.1, 0.15) is 22.4 Å². The molecule has 0 saturated carbocycles. The highest BCUT2D eigenvalue weighted by atomic mass is 15.5. The van der Waals surface area contributed by atoms with E-state index in [1.165, 1.54) is 16.7 Å². The topological polar surface area (TPSA) is 57.7 Å². The average molecular weight is 315 g/mol. The summed E-state index contributed by atoms with van der Waals surface area (Å²) in [5.74, 6) is 0.660. The van der Waals surface area contributed by atoms with Crippen LogP contribution in [0.4, 0.5) is 5.82 Å². The van der Waals surface area contributed by atoms with E-state index >= 15 is 0 Å². The lowest BCUT2D eigenvalue weighted by molar-refractivity contribution is 0.699. The Labute approximate surface area is 140 Å². The monoisotopic (exact) mass is 315 g/mol. The minimum atomic E-state index is 0.370. The van der Waals surface area contributed by atoms with Crippen molar-refractivity contribution in [3.05, 3.63) is 70.9 Å². The van der Waals surface area contributed by atoms with E-state index in [0.717, 1.165) is 25.2 Å². The Morgan fingerprint density at radius 3 is 2.50 bits per heavy atom. The first-order valence-electron chi connectivity index (χ1n) is 8.01. The highest BCUT2D eigenvalue weighted by Crippen LogP contribution is 2.25. The molecule has 0 atom stereocenters. The quantitative estimate of drug-likeness (QED) is 0.729. The van der Waals surface area contributed by atoms with Crippen molar-refractivity contribution < 1.29 is 0 Å². The fourth-order valence-electron chi connectivity index (χ4n) is 3.05. The van der Waals surface area contributed by atoms with E-state index in [-0.39, 0.29) is 0 Å². The number of hydrogen-bond acceptors (Lipinski definition) is 4. The standard InChI is InChI=1S/C19H17N5/c1-14-6-8-17(9-7-14)24-21-18(12-20)19(22-24)23-11-10-15-4-2-3-5-16(15)13-23/h2-9H,10-11,13H2,1H3. The third-order valence-electron chi connectivity index (χ3n) is 4.40. The highest BCUT2D eigenvalue weighted by molar-refractivity contribution is 5.52. The zero-order chi connectivity index (χ0) is 16.5. The fourth-order valence-corrected chi connectivity index (χ4v) is 3.05. The van der Waals surface area contributed by atoms with Gasteiger partial charge in [-0.3, -0.25) is 0 Å². The highest BCUT2D eigenvalue weighted by Gasteiger charge is 2.22. The molecule has 5 heteroatoms. The van der Waals surface area contributed by atoms with Gasteiger partial charge in [0.05, 0.1) is 5.69 Å². The van der Waals surface area contributed by atoms with Gasteiger partial charge in [-0.05, 0) is 36.6 Å². The lowest BCUT2D eigenvalue weighted by Gasteiger charge is -2.28. The molecule has 1 aromatic heterocycles. The van der Waals surface area contributed by atoms with Crippen molar-refractivity contribution >= 4 is 5.82 Å². The first-order chi connectivity index (χ1) is 11.7. The summed E-state index contributed by atoms with van der Waals surface area (Å²) in [6.45, 7) is 3.65. The molecule has 0 N–H and O–H groups in total. The Morgan fingerprint density at radius 2 is 1.75 bits per heavy atom. The molecule has 0 radical (unpaired) electrons. The number of anilines is 1. The van der Waals surface area contributed by atoms with Gasteiger partial charge in [0, 0.05) is 13.1 Å². The van der Waals surface area contributed by atoms with Gasteiger partial charge in [0.1, 0.15) is 6.07 Å². The van der Waals surface area contributed by atoms with E-state index in [9.17, 15) is 5.26 Å². The van der Waals surface area contributed by atoms with Crippen molar-refractivity contribution in [1.82, 2.24) is 15.0 Å². The Bertz CT molecular complexity index is 918. The molecule has 2 aromatic carbocycles. The van der Waals surface area contributed by atoms with Crippen LogP contribution in [-0.2, 0) is 13.0 Å². The molecule has 118 valence electrons. The van der Waals surface area contributed by atoms with Crippen molar-refractivity contribution in [2.75, 3.05) is 11.4 Å². The summed E-state index contributed by atoms with van der Waals surface area (Å²) in [4.78, 5) is 3.69. The molecule has 0 saturated heterocycles. The number of aromatic nitrogens is 3. The maximum absolute atomic E-state index is 9.46. The van der Waals surface area contributed by atoms with E-state index in [1.807, 2.05) is 31.2 Å². The molecule has 5 nitrogen and oxygen atoms in total. The summed E-state index contributed by atoms with van der Waals surface area (Å²) in [6.07, 6.45) is 0.957. The molecule has 0 bridgehead atoms. The minimum absolute atomic E-state index is 0.370. The molecule has 0 fully saturated rings. The van der Waals surface area contributed by atoms with Crippen LogP contribution in [-0.4, -0.2) is 21.5 Å². The molecule has 4 rings (SSSR count). The number of fused-ring (bicyclic) bond motifs is 1. The minimum Gasteiger partial charge on any atom is -0.348 e. The third kappa shape index (κ3) is 2.52. The van der Waals surface area contributed by atoms with Gasteiger partial charge in [0.15, 0.2) is 5.82 Å². The molecule has 2 heterocycles. The predicted molar refractivity (Wildman–Crippen MR) is 92.0 cm³/mol. The molecule has 1 aliphatic heterocycles. The van der Waals surface area contributed by atoms with Crippen molar-refractivity contribution in [3.8, 4) is 11.8 Å². The van der Waals surface area contributed by atoms with Crippen molar-refractivity contribution in [1.29, 1.82) is 5.26 Å². The lowest BCUT2D eigenvalue weighted by Crippen LogP contribution is -2.31. The van der Waals surface area contributed by atoms with Gasteiger partial charge in [-0.2, -0.15) is 5.26 Å². The Hall–Kier alpha value is -3.13. The molecule has 0 amide bonds. The molecule has 0 aliphatic carbocycles. The van der Waals surface area contributed by atoms with Gasteiger partial charge in [-0.25, -0.2) is 0 Å². The number of benzene rings is 2. The first-order valence-corrected chi connectivity index (χ1v) is 8.01. The van der Waals surface area contributed by atoms with Crippen molar-refractivity contribution in [2.45, 2.75) is 19.9 Å². The van der Waals surface area contributed by atoms with Gasteiger partial charge in [0.2, 0.25) is 5.69 Å². The van der Waals surface area contributed by atoms with E-state index in [0.29, 0.717) is 11.5 Å². The maximum atomic E-state index is 9.46. The maximum Gasteiger partial charge on any atom is 0.207 e. The average Bonchev–Trinajstić information content (AvgIpc) is 3.06. The van der Waals surface area contributed by atoms with Crippen LogP contribution in [0.3, 0.4) is 0 Å². The second-order valence-corrected chi connectivity index (χ2v) is 6.05. The van der Waals surface area contributed by atoms with Crippen LogP contribution in [0.5, 0.6) is 0 Å². The van der Waals surface area contributed by atoms with Crippen LogP contribution < -0.4 is 4.90 Å². The largest absolute Gasteiger partial charge is 0.348 e. The van der Waals surface area contributed by atoms with E-state index < -0.39 is 0 Å². The summed E-state index contributed by atoms with van der Waals surface area (Å²) < 4.78 is 0. The van der Waals surface area contributed by atoms with Crippen LogP contribution in [0.2, 0.25) is 0 Å². The van der Waals surface area contributed by atoms with Crippen LogP contribution in [0.15, 0.2) is 48.5 Å². The molecule has 0 unspecified atom stereocenters. The Morgan fingerprint density at radius 1 is 1.00 bits per heavy atom. The number of hydrogen-bond donors (Lipinski definition) is 0. The van der Waals surface area contributed by atoms with Gasteiger partial charge in [-0.1, -0.05) is 42.0 Å². The molecular formula is C19H17N5. The lowest BCUT2D eigenvalue weighted by atomic mass is 10.00. The normalized spacial score (nSPS) is 13.4. The third-order valence-corrected chi connectivity index (χ3v) is 4.40. The first kappa shape index (κ1) is 14.5. The second kappa shape index (κ2) is 5.82. The smallest absolute Gasteiger partial charge is 0.207 e. The molecule has 24 heavy (non-hydrogen) atoms. The van der Waals surface area contributed by atoms with E-state index in [1.54, 1.807) is 4.80 Å². The van der Waals surface area contributed by atoms with Crippen LogP contribution >= 0.6 is 0 Å². The van der Waals surface area contributed by atoms with Gasteiger partial charge < -0.3 is 4.90 Å². The molecular weight excluding hydrogens is 298 g/mol. The molecule has 1 aliphatic rings. The summed E-state index contributed by atoms with van der Waals surface area (Å²) in [7, 11) is 0. The Kier molecular flexibility index (Phi) is 3.51. The summed E-state index contributed by atoms with van der Waals surface area (Å²) in [6, 6.07) is 18.6. The second-order valence-electron chi connectivity index (χ2n) is 6.05. The Balaban J connectivity index is 1.69. The number of aryl methyl sites for hydroxylation is 1. The van der Waals surface area contributed by atoms with Gasteiger partial charge in [-0.15, -0.1) is 15.0 Å². The zero-order valence-electron chi connectivity index (χ0n) is 13.5. The summed E-state index contributed by atoms with van der Waals surface area (Å²) in [5, 5.41) is 18.4. The predicted octanol–water partition coefficient (Wildman–Crippen LogP) is 3.01. The SMILES string of the molecule is Cc1ccc(-n2nc(C#N)c(N3CCc4ccccc4C3)n2)cc1. The number of nitriles is 1.